The Balaban J connectivity index is 1.46. The molecule has 4 rings (SSSR count). The quantitative estimate of drug-likeness (QED) is 0.579. The van der Waals surface area contributed by atoms with Crippen LogP contribution in [-0.2, 0) is 17.7 Å². The molecule has 0 saturated heterocycles. The molecule has 2 aromatic carbocycles. The molecule has 0 fully saturated rings. The van der Waals surface area contributed by atoms with Crippen LogP contribution < -0.4 is 4.90 Å². The van der Waals surface area contributed by atoms with Gasteiger partial charge in [-0.2, -0.15) is 5.26 Å². The molecule has 0 unspecified atom stereocenters. The Morgan fingerprint density at radius 1 is 1.16 bits per heavy atom. The van der Waals surface area contributed by atoms with Crippen LogP contribution in [0.1, 0.15) is 21.5 Å². The molecule has 0 radical (unpaired) electrons. The molecule has 0 atom stereocenters. The Morgan fingerprint density at radius 2 is 1.94 bits per heavy atom. The fraction of sp³-hybridized carbons (Fsp3) is 0.167. The van der Waals surface area contributed by atoms with Gasteiger partial charge in [0.25, 0.3) is 0 Å². The molecule has 1 aromatic heterocycles. The summed E-state index contributed by atoms with van der Waals surface area (Å²) in [6.45, 7) is 1.29. The van der Waals surface area contributed by atoms with E-state index in [4.69, 9.17) is 4.74 Å². The molecule has 0 saturated carbocycles. The minimum atomic E-state index is -0.396. The van der Waals surface area contributed by atoms with Gasteiger partial charge in [0.05, 0.1) is 30.3 Å². The van der Waals surface area contributed by atoms with Crippen LogP contribution >= 0.6 is 0 Å². The summed E-state index contributed by atoms with van der Waals surface area (Å²) >= 11 is 0. The number of aliphatic imine (C=N–C) groups is 1. The highest BCUT2D eigenvalue weighted by Crippen LogP contribution is 2.22. The lowest BCUT2D eigenvalue weighted by molar-refractivity contribution is 0.0600. The van der Waals surface area contributed by atoms with Crippen LogP contribution in [0.15, 0.2) is 84.0 Å². The molecule has 0 N–H and O–H groups in total. The number of benzene rings is 2. The van der Waals surface area contributed by atoms with Gasteiger partial charge in [0, 0.05) is 36.4 Å². The van der Waals surface area contributed by atoms with Gasteiger partial charge in [-0.15, -0.1) is 0 Å². The van der Waals surface area contributed by atoms with Crippen molar-refractivity contribution in [2.24, 2.45) is 4.99 Å². The number of hydrogen-bond donors (Lipinski definition) is 0. The number of hydrogen-bond acceptors (Lipinski definition) is 6. The van der Waals surface area contributed by atoms with Gasteiger partial charge in [-0.05, 0) is 36.2 Å². The van der Waals surface area contributed by atoms with Gasteiger partial charge in [-0.3, -0.25) is 4.99 Å². The number of ether oxygens (including phenoxy) is 1. The lowest BCUT2D eigenvalue weighted by Gasteiger charge is -2.24. The zero-order valence-electron chi connectivity index (χ0n) is 17.1. The van der Waals surface area contributed by atoms with Gasteiger partial charge in [-0.25, -0.2) is 9.78 Å². The monoisotopic (exact) mass is 411 g/mol. The molecule has 0 bridgehead atoms. The molecule has 2 heterocycles. The van der Waals surface area contributed by atoms with Crippen molar-refractivity contribution in [3.8, 4) is 6.07 Å². The molecular weight excluding hydrogens is 390 g/mol. The van der Waals surface area contributed by atoms with Crippen LogP contribution in [0.4, 0.5) is 5.69 Å². The highest BCUT2D eigenvalue weighted by Gasteiger charge is 2.18. The predicted molar refractivity (Wildman–Crippen MR) is 118 cm³/mol. The van der Waals surface area contributed by atoms with Crippen molar-refractivity contribution in [2.45, 2.75) is 13.0 Å². The van der Waals surface area contributed by atoms with Crippen molar-refractivity contribution < 1.29 is 9.53 Å². The van der Waals surface area contributed by atoms with E-state index >= 15 is 0 Å². The molecule has 0 amide bonds. The van der Waals surface area contributed by atoms with Crippen molar-refractivity contribution in [1.82, 2.24) is 9.55 Å². The first-order chi connectivity index (χ1) is 15.2. The van der Waals surface area contributed by atoms with E-state index in [0.717, 1.165) is 24.2 Å². The fourth-order valence-corrected chi connectivity index (χ4v) is 3.39. The Bertz CT molecular complexity index is 1150. The number of esters is 1. The van der Waals surface area contributed by atoms with Crippen molar-refractivity contribution in [3.63, 3.8) is 0 Å². The predicted octanol–water partition coefficient (Wildman–Crippen LogP) is 3.59. The maximum atomic E-state index is 11.6. The third-order valence-corrected chi connectivity index (χ3v) is 5.11. The molecule has 1 aliphatic rings. The van der Waals surface area contributed by atoms with Gasteiger partial charge in [0.1, 0.15) is 12.7 Å². The molecule has 1 aliphatic heterocycles. The average Bonchev–Trinajstić information content (AvgIpc) is 3.36. The van der Waals surface area contributed by atoms with E-state index in [-0.39, 0.29) is 0 Å². The van der Waals surface area contributed by atoms with Crippen LogP contribution in [0, 0.1) is 11.3 Å². The highest BCUT2D eigenvalue weighted by molar-refractivity contribution is 6.16. The first-order valence-electron chi connectivity index (χ1n) is 9.85. The van der Waals surface area contributed by atoms with Crippen LogP contribution in [0.3, 0.4) is 0 Å². The molecule has 7 heteroatoms. The second-order valence-corrected chi connectivity index (χ2v) is 7.06. The largest absolute Gasteiger partial charge is 0.465 e. The van der Waals surface area contributed by atoms with Crippen molar-refractivity contribution >= 4 is 17.4 Å². The SMILES string of the molecule is COC(=O)c1ccc(C2=NCN(c3ccc(CCn4ccnc4)cc3)C=C2C#N)cc1. The van der Waals surface area contributed by atoms with Gasteiger partial charge < -0.3 is 14.2 Å². The smallest absolute Gasteiger partial charge is 0.337 e. The average molecular weight is 411 g/mol. The maximum absolute atomic E-state index is 11.6. The second kappa shape index (κ2) is 9.09. The number of anilines is 1. The van der Waals surface area contributed by atoms with E-state index in [2.05, 4.69) is 32.7 Å². The maximum Gasteiger partial charge on any atom is 0.337 e. The Hall–Kier alpha value is -4.18. The van der Waals surface area contributed by atoms with E-state index in [0.29, 0.717) is 23.5 Å². The van der Waals surface area contributed by atoms with E-state index < -0.39 is 5.97 Å². The lowest BCUT2D eigenvalue weighted by Crippen LogP contribution is -2.24. The number of carbonyl (C=O) groups excluding carboxylic acids is 1. The van der Waals surface area contributed by atoms with Crippen LogP contribution in [-0.4, -0.2) is 35.0 Å². The summed E-state index contributed by atoms with van der Waals surface area (Å²) in [5.41, 5.74) is 4.54. The van der Waals surface area contributed by atoms with Gasteiger partial charge in [0.15, 0.2) is 0 Å². The molecule has 7 nitrogen and oxygen atoms in total. The van der Waals surface area contributed by atoms with E-state index in [9.17, 15) is 10.1 Å². The van der Waals surface area contributed by atoms with Crippen molar-refractivity contribution in [3.05, 3.63) is 95.7 Å². The minimum Gasteiger partial charge on any atom is -0.465 e. The molecule has 0 spiro atoms. The Kier molecular flexibility index (Phi) is 5.90. The molecule has 31 heavy (non-hydrogen) atoms. The van der Waals surface area contributed by atoms with Crippen molar-refractivity contribution in [2.75, 3.05) is 18.7 Å². The summed E-state index contributed by atoms with van der Waals surface area (Å²) in [5.74, 6) is -0.396. The molecular formula is C24H21N5O2. The third-order valence-electron chi connectivity index (χ3n) is 5.11. The summed E-state index contributed by atoms with van der Waals surface area (Å²) in [6, 6.07) is 17.4. The van der Waals surface area contributed by atoms with Gasteiger partial charge in [-0.1, -0.05) is 24.3 Å². The minimum absolute atomic E-state index is 0.396. The summed E-state index contributed by atoms with van der Waals surface area (Å²) in [6.07, 6.45) is 8.28. The Morgan fingerprint density at radius 3 is 2.58 bits per heavy atom. The third kappa shape index (κ3) is 4.54. The first-order valence-corrected chi connectivity index (χ1v) is 9.85. The fourth-order valence-electron chi connectivity index (χ4n) is 3.39. The molecule has 0 aliphatic carbocycles. The number of rotatable bonds is 6. The zero-order valence-corrected chi connectivity index (χ0v) is 17.1. The van der Waals surface area contributed by atoms with E-state index in [1.165, 1.54) is 12.7 Å². The number of carbonyl (C=O) groups is 1. The van der Waals surface area contributed by atoms with Gasteiger partial charge in [0.2, 0.25) is 0 Å². The number of aromatic nitrogens is 2. The van der Waals surface area contributed by atoms with Gasteiger partial charge >= 0.3 is 5.97 Å². The summed E-state index contributed by atoms with van der Waals surface area (Å²) in [4.78, 5) is 22.2. The highest BCUT2D eigenvalue weighted by atomic mass is 16.5. The van der Waals surface area contributed by atoms with E-state index in [1.807, 2.05) is 35.8 Å². The second-order valence-electron chi connectivity index (χ2n) is 7.06. The number of nitriles is 1. The zero-order chi connectivity index (χ0) is 21.6. The first kappa shape index (κ1) is 20.1. The summed E-state index contributed by atoms with van der Waals surface area (Å²) in [5, 5.41) is 9.67. The van der Waals surface area contributed by atoms with Crippen LogP contribution in [0.2, 0.25) is 0 Å². The number of allylic oxidation sites excluding steroid dienone is 1. The molecule has 3 aromatic rings. The number of aryl methyl sites for hydroxylation is 2. The van der Waals surface area contributed by atoms with Crippen LogP contribution in [0.5, 0.6) is 0 Å². The normalized spacial score (nSPS) is 13.2. The number of nitrogens with zero attached hydrogens (tertiary/aromatic N) is 5. The standard InChI is InChI=1S/C24H21N5O2/c1-31-24(30)20-6-4-19(5-7-20)23-21(14-25)15-29(17-27-23)22-8-2-18(3-9-22)10-12-28-13-11-26-16-28/h2-9,11,13,15-16H,10,12,17H2,1H3. The van der Waals surface area contributed by atoms with Crippen LogP contribution in [0.25, 0.3) is 0 Å². The lowest BCUT2D eigenvalue weighted by atomic mass is 10.0. The van der Waals surface area contributed by atoms with E-state index in [1.54, 1.807) is 30.5 Å². The molecule has 154 valence electrons. The summed E-state index contributed by atoms with van der Waals surface area (Å²) in [7, 11) is 1.35. The number of imidazole rings is 1. The number of methoxy groups -OCH3 is 1. The Labute approximate surface area is 180 Å². The summed E-state index contributed by atoms with van der Waals surface area (Å²) < 4.78 is 6.78. The van der Waals surface area contributed by atoms with Crippen molar-refractivity contribution in [1.29, 1.82) is 5.26 Å². The topological polar surface area (TPSA) is 83.5 Å².